The monoisotopic (exact) mass is 184 g/mol. The van der Waals surface area contributed by atoms with Crippen molar-refractivity contribution in [3.63, 3.8) is 0 Å². The maximum Gasteiger partial charge on any atom is -0.00136 e. The van der Waals surface area contributed by atoms with Gasteiger partial charge in [-0.3, -0.25) is 0 Å². The third kappa shape index (κ3) is 0.476. The van der Waals surface area contributed by atoms with E-state index in [9.17, 15) is 0 Å². The standard InChI is InChI=1S/C14H16/c1-2-9-6-8-3-4-10-11-7-12(8)14(9,5-1)13(10)11/h3-4,6,8,10-13H,1-2,5,7H2/t8-,10-,11+,12-,13+,14+/m1/s1. The lowest BCUT2D eigenvalue weighted by Gasteiger charge is -2.32. The third-order valence-electron chi connectivity index (χ3n) is 6.06. The molecule has 1 spiro atoms. The van der Waals surface area contributed by atoms with Gasteiger partial charge in [-0.15, -0.1) is 0 Å². The SMILES string of the molecule is C1=C[C@@H]2[C@@H]3C[C@@H]4[C@H]1C=C1CCC[C@]14[C@@H]23. The van der Waals surface area contributed by atoms with E-state index in [4.69, 9.17) is 0 Å². The van der Waals surface area contributed by atoms with E-state index in [-0.39, 0.29) is 0 Å². The molecule has 0 heterocycles. The molecule has 0 amide bonds. The van der Waals surface area contributed by atoms with Crippen LogP contribution in [0.1, 0.15) is 25.7 Å². The first-order chi connectivity index (χ1) is 6.91. The molecule has 0 unspecified atom stereocenters. The molecule has 3 saturated carbocycles. The van der Waals surface area contributed by atoms with Crippen molar-refractivity contribution in [1.29, 1.82) is 0 Å². The topological polar surface area (TPSA) is 0 Å². The lowest BCUT2D eigenvalue weighted by atomic mass is 9.71. The van der Waals surface area contributed by atoms with Crippen LogP contribution >= 0.6 is 0 Å². The third-order valence-corrected chi connectivity index (χ3v) is 6.06. The minimum absolute atomic E-state index is 0.753. The molecule has 3 fully saturated rings. The van der Waals surface area contributed by atoms with E-state index in [0.717, 1.165) is 35.0 Å². The fraction of sp³-hybridized carbons (Fsp3) is 0.714. The van der Waals surface area contributed by atoms with Crippen LogP contribution in [0.25, 0.3) is 0 Å². The van der Waals surface area contributed by atoms with E-state index in [1.807, 2.05) is 5.57 Å². The van der Waals surface area contributed by atoms with Gasteiger partial charge in [-0.2, -0.15) is 0 Å². The molecule has 0 saturated heterocycles. The maximum atomic E-state index is 2.65. The summed E-state index contributed by atoms with van der Waals surface area (Å²) in [5, 5.41) is 0. The van der Waals surface area contributed by atoms with Crippen LogP contribution in [0.2, 0.25) is 0 Å². The number of hydrogen-bond acceptors (Lipinski definition) is 0. The Morgan fingerprint density at radius 3 is 3.29 bits per heavy atom. The molecule has 0 radical (unpaired) electrons. The predicted octanol–water partition coefficient (Wildman–Crippen LogP) is 3.16. The van der Waals surface area contributed by atoms with Gasteiger partial charge < -0.3 is 0 Å². The second-order valence-corrected chi connectivity index (χ2v) is 6.16. The average molecular weight is 184 g/mol. The summed E-state index contributed by atoms with van der Waals surface area (Å²) in [4.78, 5) is 0. The molecule has 6 aliphatic rings. The van der Waals surface area contributed by atoms with Gasteiger partial charge in [-0.1, -0.05) is 23.8 Å². The molecular formula is C14H16. The normalized spacial score (nSPS) is 65.1. The molecule has 0 N–H and O–H groups in total. The molecule has 14 heavy (non-hydrogen) atoms. The van der Waals surface area contributed by atoms with Crippen LogP contribution in [0.15, 0.2) is 23.8 Å². The summed E-state index contributed by atoms with van der Waals surface area (Å²) in [6, 6.07) is 0. The quantitative estimate of drug-likeness (QED) is 0.507. The molecule has 0 heteroatoms. The molecule has 6 bridgehead atoms. The van der Waals surface area contributed by atoms with E-state index < -0.39 is 0 Å². The summed E-state index contributed by atoms with van der Waals surface area (Å²) >= 11 is 0. The maximum absolute atomic E-state index is 2.65. The van der Waals surface area contributed by atoms with Crippen LogP contribution in [0.3, 0.4) is 0 Å². The Balaban J connectivity index is 1.83. The Kier molecular flexibility index (Phi) is 0.869. The van der Waals surface area contributed by atoms with E-state index in [1.54, 1.807) is 12.8 Å². The minimum atomic E-state index is 0.753. The first-order valence-corrected chi connectivity index (χ1v) is 6.31. The van der Waals surface area contributed by atoms with Gasteiger partial charge in [-0.25, -0.2) is 0 Å². The fourth-order valence-corrected chi connectivity index (χ4v) is 5.75. The molecule has 0 aromatic heterocycles. The predicted molar refractivity (Wildman–Crippen MR) is 55.6 cm³/mol. The molecule has 0 aromatic carbocycles. The van der Waals surface area contributed by atoms with Crippen molar-refractivity contribution in [2.24, 2.45) is 35.0 Å². The smallest absolute Gasteiger partial charge is 0.00136 e. The van der Waals surface area contributed by atoms with Crippen LogP contribution in [-0.2, 0) is 0 Å². The molecule has 6 aliphatic carbocycles. The van der Waals surface area contributed by atoms with Crippen molar-refractivity contribution in [2.45, 2.75) is 25.7 Å². The van der Waals surface area contributed by atoms with Crippen LogP contribution in [0, 0.1) is 35.0 Å². The summed E-state index contributed by atoms with van der Waals surface area (Å²) in [7, 11) is 0. The highest BCUT2D eigenvalue weighted by Gasteiger charge is 2.73. The highest BCUT2D eigenvalue weighted by molar-refractivity contribution is 5.43. The van der Waals surface area contributed by atoms with Gasteiger partial charge in [0.25, 0.3) is 0 Å². The van der Waals surface area contributed by atoms with Crippen molar-refractivity contribution in [1.82, 2.24) is 0 Å². The van der Waals surface area contributed by atoms with Gasteiger partial charge in [-0.05, 0) is 60.7 Å². The Morgan fingerprint density at radius 1 is 1.29 bits per heavy atom. The molecule has 72 valence electrons. The van der Waals surface area contributed by atoms with E-state index in [2.05, 4.69) is 18.2 Å². The van der Waals surface area contributed by atoms with Crippen molar-refractivity contribution in [2.75, 3.05) is 0 Å². The first-order valence-electron chi connectivity index (χ1n) is 6.31. The largest absolute Gasteiger partial charge is 0.0842 e. The molecular weight excluding hydrogens is 168 g/mol. The number of allylic oxidation sites excluding steroid dienone is 4. The van der Waals surface area contributed by atoms with Gasteiger partial charge in [0.05, 0.1) is 0 Å². The first kappa shape index (κ1) is 6.87. The molecule has 0 aliphatic heterocycles. The fourth-order valence-electron chi connectivity index (χ4n) is 5.75. The summed E-state index contributed by atoms with van der Waals surface area (Å²) in [6.07, 6.45) is 13.8. The van der Waals surface area contributed by atoms with Crippen molar-refractivity contribution >= 4 is 0 Å². The van der Waals surface area contributed by atoms with Crippen molar-refractivity contribution in [3.8, 4) is 0 Å². The second kappa shape index (κ2) is 1.77. The Labute approximate surface area is 85.1 Å². The Bertz CT molecular complexity index is 389. The van der Waals surface area contributed by atoms with E-state index in [1.165, 1.54) is 12.8 Å². The van der Waals surface area contributed by atoms with Crippen LogP contribution in [0.4, 0.5) is 0 Å². The van der Waals surface area contributed by atoms with Gasteiger partial charge in [0.1, 0.15) is 0 Å². The van der Waals surface area contributed by atoms with Crippen LogP contribution < -0.4 is 0 Å². The zero-order chi connectivity index (χ0) is 8.91. The Hall–Kier alpha value is -0.520. The van der Waals surface area contributed by atoms with E-state index in [0.29, 0.717) is 0 Å². The van der Waals surface area contributed by atoms with Crippen molar-refractivity contribution in [3.05, 3.63) is 23.8 Å². The molecule has 0 aromatic rings. The van der Waals surface area contributed by atoms with Crippen LogP contribution in [-0.4, -0.2) is 0 Å². The highest BCUT2D eigenvalue weighted by atomic mass is 14.8. The van der Waals surface area contributed by atoms with Gasteiger partial charge in [0.2, 0.25) is 0 Å². The lowest BCUT2D eigenvalue weighted by molar-refractivity contribution is 0.210. The van der Waals surface area contributed by atoms with E-state index >= 15 is 0 Å². The van der Waals surface area contributed by atoms with Crippen molar-refractivity contribution < 1.29 is 0 Å². The van der Waals surface area contributed by atoms with Gasteiger partial charge in [0.15, 0.2) is 0 Å². The summed E-state index contributed by atoms with van der Waals surface area (Å²) in [6.45, 7) is 0. The zero-order valence-corrected chi connectivity index (χ0v) is 8.45. The number of rotatable bonds is 0. The summed E-state index contributed by atoms with van der Waals surface area (Å²) < 4.78 is 0. The second-order valence-electron chi connectivity index (χ2n) is 6.16. The molecule has 0 nitrogen and oxygen atoms in total. The van der Waals surface area contributed by atoms with Gasteiger partial charge in [0, 0.05) is 0 Å². The lowest BCUT2D eigenvalue weighted by Crippen LogP contribution is -2.26. The number of hydrogen-bond donors (Lipinski definition) is 0. The average Bonchev–Trinajstić information content (AvgIpc) is 2.47. The van der Waals surface area contributed by atoms with Crippen LogP contribution in [0.5, 0.6) is 0 Å². The summed E-state index contributed by atoms with van der Waals surface area (Å²) in [5.74, 6) is 5.13. The Morgan fingerprint density at radius 2 is 2.29 bits per heavy atom. The molecule has 6 atom stereocenters. The highest BCUT2D eigenvalue weighted by Crippen LogP contribution is 2.79. The summed E-state index contributed by atoms with van der Waals surface area (Å²) in [5.41, 5.74) is 2.65. The van der Waals surface area contributed by atoms with Gasteiger partial charge >= 0.3 is 0 Å². The zero-order valence-electron chi connectivity index (χ0n) is 8.45. The molecule has 6 rings (SSSR count). The minimum Gasteiger partial charge on any atom is -0.0842 e.